The van der Waals surface area contributed by atoms with E-state index in [0.717, 1.165) is 0 Å². The fraction of sp³-hybridized carbons (Fsp3) is 0. The Labute approximate surface area is 131 Å². The van der Waals surface area contributed by atoms with Crippen LogP contribution in [0.3, 0.4) is 0 Å². The highest BCUT2D eigenvalue weighted by Crippen LogP contribution is 2.24. The minimum Gasteiger partial charge on any atom is -0.321 e. The topological polar surface area (TPSA) is 89.3 Å². The first kappa shape index (κ1) is 15.8. The molecule has 0 atom stereocenters. The Kier molecular flexibility index (Phi) is 4.53. The van der Waals surface area contributed by atoms with E-state index in [9.17, 15) is 13.2 Å². The maximum absolute atomic E-state index is 12.2. The number of hydrogen-bond donors (Lipinski definition) is 2. The Morgan fingerprint density at radius 1 is 1.10 bits per heavy atom. The molecule has 0 saturated carbocycles. The Hall–Kier alpha value is -1.60. The van der Waals surface area contributed by atoms with Gasteiger partial charge in [-0.25, -0.2) is 13.6 Å². The third-order valence-electron chi connectivity index (χ3n) is 2.61. The summed E-state index contributed by atoms with van der Waals surface area (Å²) in [6, 6.07) is 10.2. The summed E-state index contributed by atoms with van der Waals surface area (Å²) >= 11 is 11.7. The van der Waals surface area contributed by atoms with Gasteiger partial charge in [-0.05, 0) is 30.3 Å². The largest absolute Gasteiger partial charge is 0.321 e. The number of nitrogens with two attached hydrogens (primary N) is 1. The van der Waals surface area contributed by atoms with Crippen molar-refractivity contribution in [1.29, 1.82) is 0 Å². The summed E-state index contributed by atoms with van der Waals surface area (Å²) in [6.45, 7) is 0. The third kappa shape index (κ3) is 3.74. The van der Waals surface area contributed by atoms with Gasteiger partial charge < -0.3 is 5.32 Å². The number of rotatable bonds is 3. The molecule has 0 radical (unpaired) electrons. The molecular weight excluding hydrogens is 335 g/mol. The van der Waals surface area contributed by atoms with Crippen LogP contribution in [-0.2, 0) is 10.0 Å². The molecule has 2 aromatic rings. The van der Waals surface area contributed by atoms with Crippen LogP contribution in [0, 0.1) is 0 Å². The number of amides is 1. The average Bonchev–Trinajstić information content (AvgIpc) is 2.41. The molecule has 0 aliphatic heterocycles. The zero-order chi connectivity index (χ0) is 15.6. The molecule has 2 aromatic carbocycles. The van der Waals surface area contributed by atoms with Crippen LogP contribution < -0.4 is 10.5 Å². The van der Waals surface area contributed by atoms with Crippen LogP contribution in [-0.4, -0.2) is 14.3 Å². The summed E-state index contributed by atoms with van der Waals surface area (Å²) in [5.74, 6) is -0.585. The number of nitrogens with one attached hydrogen (secondary N) is 1. The predicted octanol–water partition coefficient (Wildman–Crippen LogP) is 2.89. The first-order valence-corrected chi connectivity index (χ1v) is 7.97. The molecule has 0 fully saturated rings. The Morgan fingerprint density at radius 3 is 2.43 bits per heavy atom. The molecule has 2 rings (SSSR count). The van der Waals surface area contributed by atoms with Crippen molar-refractivity contribution in [3.05, 3.63) is 58.1 Å². The van der Waals surface area contributed by atoms with E-state index in [1.807, 2.05) is 0 Å². The highest BCUT2D eigenvalue weighted by Gasteiger charge is 2.17. The number of carbonyl (C=O) groups is 1. The lowest BCUT2D eigenvalue weighted by atomic mass is 10.2. The van der Waals surface area contributed by atoms with Gasteiger partial charge >= 0.3 is 0 Å². The summed E-state index contributed by atoms with van der Waals surface area (Å²) < 4.78 is 22.9. The smallest absolute Gasteiger partial charge is 0.257 e. The van der Waals surface area contributed by atoms with Gasteiger partial charge in [0.15, 0.2) is 0 Å². The maximum Gasteiger partial charge on any atom is 0.257 e. The first-order valence-electron chi connectivity index (χ1n) is 5.67. The second kappa shape index (κ2) is 6.03. The lowest BCUT2D eigenvalue weighted by Gasteiger charge is -2.10. The summed E-state index contributed by atoms with van der Waals surface area (Å²) in [5.41, 5.74) is 0.203. The SMILES string of the molecule is NS(=O)(=O)c1ccccc1NC(=O)c1cc(Cl)ccc1Cl. The molecule has 1 amide bonds. The van der Waals surface area contributed by atoms with Gasteiger partial charge in [0.25, 0.3) is 5.91 Å². The molecule has 3 N–H and O–H groups in total. The van der Waals surface area contributed by atoms with Crippen LogP contribution in [0.4, 0.5) is 5.69 Å². The second-order valence-electron chi connectivity index (χ2n) is 4.12. The molecule has 0 bridgehead atoms. The number of halogens is 2. The zero-order valence-electron chi connectivity index (χ0n) is 10.5. The molecule has 8 heteroatoms. The van der Waals surface area contributed by atoms with Crippen molar-refractivity contribution in [2.75, 3.05) is 5.32 Å². The maximum atomic E-state index is 12.2. The van der Waals surface area contributed by atoms with E-state index in [1.165, 1.54) is 30.3 Å². The molecule has 0 aliphatic rings. The number of para-hydroxylation sites is 1. The second-order valence-corrected chi connectivity index (χ2v) is 6.49. The number of carbonyl (C=O) groups excluding carboxylic acids is 1. The quantitative estimate of drug-likeness (QED) is 0.896. The van der Waals surface area contributed by atoms with Crippen molar-refractivity contribution < 1.29 is 13.2 Å². The fourth-order valence-corrected chi connectivity index (χ4v) is 2.75. The van der Waals surface area contributed by atoms with Crippen LogP contribution in [0.15, 0.2) is 47.4 Å². The van der Waals surface area contributed by atoms with Crippen molar-refractivity contribution >= 4 is 44.8 Å². The molecule has 0 heterocycles. The predicted molar refractivity (Wildman–Crippen MR) is 82.2 cm³/mol. The molecule has 21 heavy (non-hydrogen) atoms. The highest BCUT2D eigenvalue weighted by molar-refractivity contribution is 7.89. The number of sulfonamides is 1. The molecule has 0 unspecified atom stereocenters. The van der Waals surface area contributed by atoms with Crippen LogP contribution in [0.2, 0.25) is 10.0 Å². The van der Waals surface area contributed by atoms with E-state index in [2.05, 4.69) is 5.32 Å². The zero-order valence-corrected chi connectivity index (χ0v) is 12.8. The lowest BCUT2D eigenvalue weighted by Crippen LogP contribution is -2.18. The minimum absolute atomic E-state index is 0.0704. The Bertz CT molecular complexity index is 807. The number of benzene rings is 2. The average molecular weight is 345 g/mol. The summed E-state index contributed by atoms with van der Waals surface area (Å²) in [7, 11) is -3.95. The number of anilines is 1. The number of hydrogen-bond acceptors (Lipinski definition) is 3. The molecular formula is C13H10Cl2N2O3S. The Morgan fingerprint density at radius 2 is 1.76 bits per heavy atom. The molecule has 110 valence electrons. The van der Waals surface area contributed by atoms with Gasteiger partial charge in [0.1, 0.15) is 4.90 Å². The van der Waals surface area contributed by atoms with Crippen molar-refractivity contribution in [3.8, 4) is 0 Å². The highest BCUT2D eigenvalue weighted by atomic mass is 35.5. The minimum atomic E-state index is -3.95. The van der Waals surface area contributed by atoms with Gasteiger partial charge in [0.05, 0.1) is 16.3 Å². The van der Waals surface area contributed by atoms with Gasteiger partial charge in [-0.3, -0.25) is 4.79 Å². The van der Waals surface area contributed by atoms with Gasteiger partial charge in [0, 0.05) is 5.02 Å². The van der Waals surface area contributed by atoms with Crippen LogP contribution in [0.1, 0.15) is 10.4 Å². The van der Waals surface area contributed by atoms with Crippen molar-refractivity contribution in [3.63, 3.8) is 0 Å². The standard InChI is InChI=1S/C13H10Cl2N2O3S/c14-8-5-6-10(15)9(7-8)13(18)17-11-3-1-2-4-12(11)21(16,19)20/h1-7H,(H,17,18)(H2,16,19,20). The fourth-order valence-electron chi connectivity index (χ4n) is 1.68. The van der Waals surface area contributed by atoms with Gasteiger partial charge in [-0.15, -0.1) is 0 Å². The Balaban J connectivity index is 2.39. The van der Waals surface area contributed by atoms with Crippen molar-refractivity contribution in [2.45, 2.75) is 4.90 Å². The molecule has 0 aromatic heterocycles. The van der Waals surface area contributed by atoms with Crippen LogP contribution >= 0.6 is 23.2 Å². The molecule has 0 spiro atoms. The summed E-state index contributed by atoms with van der Waals surface area (Å²) in [5, 5.41) is 8.10. The van der Waals surface area contributed by atoms with Crippen molar-refractivity contribution in [1.82, 2.24) is 0 Å². The van der Waals surface area contributed by atoms with E-state index in [0.29, 0.717) is 5.02 Å². The van der Waals surface area contributed by atoms with E-state index >= 15 is 0 Å². The summed E-state index contributed by atoms with van der Waals surface area (Å²) in [6.07, 6.45) is 0. The molecule has 5 nitrogen and oxygen atoms in total. The third-order valence-corrected chi connectivity index (χ3v) is 4.15. The first-order chi connectivity index (χ1) is 9.79. The van der Waals surface area contributed by atoms with Crippen LogP contribution in [0.25, 0.3) is 0 Å². The van der Waals surface area contributed by atoms with E-state index in [4.69, 9.17) is 28.3 Å². The van der Waals surface area contributed by atoms with E-state index < -0.39 is 15.9 Å². The normalized spacial score (nSPS) is 11.2. The lowest BCUT2D eigenvalue weighted by molar-refractivity contribution is 0.102. The van der Waals surface area contributed by atoms with Crippen LogP contribution in [0.5, 0.6) is 0 Å². The number of primary sulfonamides is 1. The van der Waals surface area contributed by atoms with Gasteiger partial charge in [0.2, 0.25) is 10.0 Å². The molecule has 0 saturated heterocycles. The summed E-state index contributed by atoms with van der Waals surface area (Å²) in [4.78, 5) is 12.0. The van der Waals surface area contributed by atoms with Crippen molar-refractivity contribution in [2.24, 2.45) is 5.14 Å². The molecule has 0 aliphatic carbocycles. The monoisotopic (exact) mass is 344 g/mol. The van der Waals surface area contributed by atoms with E-state index in [1.54, 1.807) is 12.1 Å². The van der Waals surface area contributed by atoms with Gasteiger partial charge in [-0.1, -0.05) is 35.3 Å². The van der Waals surface area contributed by atoms with Gasteiger partial charge in [-0.2, -0.15) is 0 Å². The van der Waals surface area contributed by atoms with E-state index in [-0.39, 0.29) is 21.2 Å².